The number of rotatable bonds is 7. The predicted octanol–water partition coefficient (Wildman–Crippen LogP) is 2.29. The highest BCUT2D eigenvalue weighted by molar-refractivity contribution is 7.17. The minimum absolute atomic E-state index is 0.0669. The molecule has 0 saturated carbocycles. The number of likely N-dealkylation sites (tertiary alicyclic amines) is 1. The summed E-state index contributed by atoms with van der Waals surface area (Å²) in [5, 5.41) is 16.2. The lowest BCUT2D eigenvalue weighted by molar-refractivity contribution is 0.0538. The number of amides is 3. The van der Waals surface area contributed by atoms with E-state index in [1.54, 1.807) is 7.11 Å². The average molecular weight is 554 g/mol. The third-order valence-corrected chi connectivity index (χ3v) is 8.37. The number of carbonyl (C=O) groups is 3. The number of imidazole rings is 1. The lowest BCUT2D eigenvalue weighted by Crippen LogP contribution is -2.55. The fourth-order valence-corrected chi connectivity index (χ4v) is 5.93. The summed E-state index contributed by atoms with van der Waals surface area (Å²) in [6, 6.07) is -0.286. The molecule has 2 aromatic heterocycles. The zero-order valence-corrected chi connectivity index (χ0v) is 22.6. The Labute approximate surface area is 223 Å². The van der Waals surface area contributed by atoms with Gasteiger partial charge in [-0.2, -0.15) is 0 Å². The van der Waals surface area contributed by atoms with Crippen molar-refractivity contribution in [2.24, 2.45) is 0 Å². The Kier molecular flexibility index (Phi) is 8.55. The predicted molar refractivity (Wildman–Crippen MR) is 139 cm³/mol. The van der Waals surface area contributed by atoms with Crippen molar-refractivity contribution < 1.29 is 24.2 Å². The molecule has 0 aliphatic carbocycles. The van der Waals surface area contributed by atoms with Gasteiger partial charge >= 0.3 is 6.09 Å². The number of methoxy groups -OCH3 is 1. The van der Waals surface area contributed by atoms with Crippen LogP contribution in [0.1, 0.15) is 57.9 Å². The van der Waals surface area contributed by atoms with Crippen LogP contribution in [0.5, 0.6) is 0 Å². The van der Waals surface area contributed by atoms with Gasteiger partial charge in [0.25, 0.3) is 11.8 Å². The second kappa shape index (κ2) is 11.7. The fourth-order valence-electron chi connectivity index (χ4n) is 4.66. The second-order valence-electron chi connectivity index (χ2n) is 9.23. The smallest absolute Gasteiger partial charge is 0.407 e. The van der Waals surface area contributed by atoms with E-state index in [4.69, 9.17) is 21.4 Å². The molecule has 2 unspecified atom stereocenters. The minimum Gasteiger partial charge on any atom is -0.465 e. The summed E-state index contributed by atoms with van der Waals surface area (Å²) in [6.45, 7) is 5.68. The van der Waals surface area contributed by atoms with Gasteiger partial charge < -0.3 is 35.3 Å². The quantitative estimate of drug-likeness (QED) is 0.407. The summed E-state index contributed by atoms with van der Waals surface area (Å²) in [7, 11) is 1.61. The highest BCUT2D eigenvalue weighted by Gasteiger charge is 2.33. The van der Waals surface area contributed by atoms with Crippen LogP contribution in [0.3, 0.4) is 0 Å². The lowest BCUT2D eigenvalue weighted by atomic mass is 10.0. The van der Waals surface area contributed by atoms with Gasteiger partial charge in [0.2, 0.25) is 0 Å². The van der Waals surface area contributed by atoms with E-state index in [0.717, 1.165) is 10.8 Å². The molecular weight excluding hydrogens is 522 g/mol. The van der Waals surface area contributed by atoms with Gasteiger partial charge in [-0.05, 0) is 32.6 Å². The minimum atomic E-state index is -0.929. The highest BCUT2D eigenvalue weighted by atomic mass is 35.5. The third kappa shape index (κ3) is 6.16. The molecular formula is C23H32ClN7O5S. The van der Waals surface area contributed by atoms with Crippen LogP contribution >= 0.6 is 22.9 Å². The Balaban J connectivity index is 1.35. The topological polar surface area (TPSA) is 153 Å². The summed E-state index contributed by atoms with van der Waals surface area (Å²) in [6.07, 6.45) is 1.23. The molecule has 12 nitrogen and oxygen atoms in total. The molecule has 0 spiro atoms. The van der Waals surface area contributed by atoms with Crippen molar-refractivity contribution in [3.05, 3.63) is 27.2 Å². The van der Waals surface area contributed by atoms with Gasteiger partial charge in [-0.15, -0.1) is 0 Å². The van der Waals surface area contributed by atoms with E-state index >= 15 is 0 Å². The number of hydrogen-bond acceptors (Lipinski definition) is 8. The van der Waals surface area contributed by atoms with Crippen LogP contribution in [0, 0.1) is 6.92 Å². The van der Waals surface area contributed by atoms with Gasteiger partial charge in [0.15, 0.2) is 16.1 Å². The lowest BCUT2D eigenvalue weighted by Gasteiger charge is -2.37. The Morgan fingerprint density at radius 2 is 1.89 bits per heavy atom. The molecule has 2 atom stereocenters. The number of hydrogen-bond donors (Lipinski definition) is 4. The maximum atomic E-state index is 12.9. The largest absolute Gasteiger partial charge is 0.465 e. The summed E-state index contributed by atoms with van der Waals surface area (Å²) in [4.78, 5) is 52.4. The van der Waals surface area contributed by atoms with E-state index in [2.05, 4.69) is 30.5 Å². The number of aromatic nitrogens is 3. The normalized spacial score (nSPS) is 20.6. The Morgan fingerprint density at radius 3 is 2.51 bits per heavy atom. The summed E-state index contributed by atoms with van der Waals surface area (Å²) in [5.74, 6) is -0.344. The molecule has 0 bridgehead atoms. The molecule has 2 aliphatic rings. The van der Waals surface area contributed by atoms with Crippen LogP contribution in [0.4, 0.5) is 9.93 Å². The highest BCUT2D eigenvalue weighted by Crippen LogP contribution is 2.29. The molecule has 0 radical (unpaired) electrons. The van der Waals surface area contributed by atoms with E-state index in [-0.39, 0.29) is 35.8 Å². The van der Waals surface area contributed by atoms with Gasteiger partial charge in [0, 0.05) is 39.3 Å². The average Bonchev–Trinajstić information content (AvgIpc) is 3.46. The van der Waals surface area contributed by atoms with Crippen LogP contribution in [0.15, 0.2) is 0 Å². The van der Waals surface area contributed by atoms with Crippen LogP contribution in [0.2, 0.25) is 5.15 Å². The van der Waals surface area contributed by atoms with Crippen LogP contribution in [-0.2, 0) is 11.2 Å². The molecule has 2 aromatic rings. The van der Waals surface area contributed by atoms with Gasteiger partial charge in [0.1, 0.15) is 4.88 Å². The zero-order valence-electron chi connectivity index (χ0n) is 21.0. The number of nitrogens with one attached hydrogen (secondary N) is 3. The molecule has 2 saturated heterocycles. The number of carboxylic acid groups (broad SMARTS) is 1. The van der Waals surface area contributed by atoms with E-state index < -0.39 is 6.09 Å². The summed E-state index contributed by atoms with van der Waals surface area (Å²) < 4.78 is 5.69. The van der Waals surface area contributed by atoms with Gasteiger partial charge in [-0.3, -0.25) is 9.59 Å². The van der Waals surface area contributed by atoms with Crippen molar-refractivity contribution in [3.8, 4) is 0 Å². The maximum Gasteiger partial charge on any atom is 0.407 e. The molecule has 14 heteroatoms. The van der Waals surface area contributed by atoms with Crippen molar-refractivity contribution in [2.45, 2.75) is 57.7 Å². The number of anilines is 1. The number of aromatic amines is 1. The number of halogens is 1. The van der Waals surface area contributed by atoms with E-state index in [1.807, 2.05) is 13.8 Å². The SMILES string of the molecule is CCc1[nH]c(C(=O)NC2CCN(c3nc(C)c(C(=O)NC4CCN(C(=O)O)CC4)s3)CC2OC)nc1Cl. The maximum absolute atomic E-state index is 12.9. The molecule has 2 aliphatic heterocycles. The summed E-state index contributed by atoms with van der Waals surface area (Å²) in [5.41, 5.74) is 1.36. The van der Waals surface area contributed by atoms with E-state index in [9.17, 15) is 14.4 Å². The fraction of sp³-hybridized carbons (Fsp3) is 0.609. The monoisotopic (exact) mass is 553 g/mol. The van der Waals surface area contributed by atoms with Gasteiger partial charge in [0.05, 0.1) is 23.5 Å². The first kappa shape index (κ1) is 27.1. The first-order valence-electron chi connectivity index (χ1n) is 12.3. The first-order chi connectivity index (χ1) is 17.7. The number of nitrogens with zero attached hydrogens (tertiary/aromatic N) is 4. The molecule has 4 rings (SSSR count). The van der Waals surface area contributed by atoms with Crippen molar-refractivity contribution in [2.75, 3.05) is 38.2 Å². The molecule has 4 N–H and O–H groups in total. The molecule has 2 fully saturated rings. The molecule has 37 heavy (non-hydrogen) atoms. The van der Waals surface area contributed by atoms with Gasteiger partial charge in [-0.1, -0.05) is 29.9 Å². The Morgan fingerprint density at radius 1 is 1.16 bits per heavy atom. The van der Waals surface area contributed by atoms with Crippen LogP contribution in [0.25, 0.3) is 0 Å². The second-order valence-corrected chi connectivity index (χ2v) is 10.6. The van der Waals surface area contributed by atoms with E-state index in [0.29, 0.717) is 67.6 Å². The number of H-pyrrole nitrogens is 1. The van der Waals surface area contributed by atoms with Crippen molar-refractivity contribution in [3.63, 3.8) is 0 Å². The number of carbonyl (C=O) groups excluding carboxylic acids is 2. The number of ether oxygens (including phenoxy) is 1. The van der Waals surface area contributed by atoms with Crippen molar-refractivity contribution in [1.29, 1.82) is 0 Å². The molecule has 0 aromatic carbocycles. The number of aryl methyl sites for hydroxylation is 2. The van der Waals surface area contributed by atoms with Crippen LogP contribution < -0.4 is 15.5 Å². The van der Waals surface area contributed by atoms with E-state index in [1.165, 1.54) is 16.2 Å². The number of piperidine rings is 2. The summed E-state index contributed by atoms with van der Waals surface area (Å²) >= 11 is 7.40. The van der Waals surface area contributed by atoms with Crippen LogP contribution in [-0.4, -0.2) is 94.3 Å². The Hall–Kier alpha value is -2.90. The standard InChI is InChI=1S/C23H32ClN7O5S/c1-4-14-18(24)29-19(27-14)21(33)28-15-7-10-31(11-16(15)36-3)22-25-12(2)17(37-22)20(32)26-13-5-8-30(9-6-13)23(34)35/h13,15-16H,4-11H2,1-3H3,(H,26,32)(H,27,29)(H,28,33)(H,34,35). The molecule has 4 heterocycles. The number of thiazole rings is 1. The van der Waals surface area contributed by atoms with Crippen molar-refractivity contribution in [1.82, 2.24) is 30.5 Å². The molecule has 3 amide bonds. The zero-order chi connectivity index (χ0) is 26.7. The van der Waals surface area contributed by atoms with Crippen molar-refractivity contribution >= 4 is 46.0 Å². The molecule has 202 valence electrons. The first-order valence-corrected chi connectivity index (χ1v) is 13.5. The van der Waals surface area contributed by atoms with Gasteiger partial charge in [-0.25, -0.2) is 14.8 Å². The Bertz CT molecular complexity index is 1150. The third-order valence-electron chi connectivity index (χ3n) is 6.84.